The van der Waals surface area contributed by atoms with Crippen LogP contribution in [0.4, 0.5) is 0 Å². The van der Waals surface area contributed by atoms with Crippen molar-refractivity contribution < 1.29 is 0 Å². The Balaban J connectivity index is 1.69. The second kappa shape index (κ2) is 5.59. The van der Waals surface area contributed by atoms with Crippen LogP contribution in [0.25, 0.3) is 27.8 Å². The molecule has 0 fully saturated rings. The van der Waals surface area contributed by atoms with Gasteiger partial charge in [0.05, 0.1) is 17.6 Å². The minimum Gasteiger partial charge on any atom is -0.347 e. The van der Waals surface area contributed by atoms with E-state index >= 15 is 0 Å². The Labute approximate surface area is 146 Å². The van der Waals surface area contributed by atoms with Crippen LogP contribution in [0.5, 0.6) is 0 Å². The van der Waals surface area contributed by atoms with E-state index in [1.54, 1.807) is 0 Å². The minimum absolute atomic E-state index is 1.02. The molecule has 0 radical (unpaired) electrons. The molecule has 0 saturated carbocycles. The van der Waals surface area contributed by atoms with Gasteiger partial charge in [0.15, 0.2) is 0 Å². The summed E-state index contributed by atoms with van der Waals surface area (Å²) in [6.45, 7) is 0. The largest absolute Gasteiger partial charge is 0.347 e. The summed E-state index contributed by atoms with van der Waals surface area (Å²) >= 11 is 0. The normalized spacial score (nSPS) is 14.0. The Bertz CT molecular complexity index is 1060. The number of nitrogens with zero attached hydrogens (tertiary/aromatic N) is 4. The van der Waals surface area contributed by atoms with Crippen LogP contribution in [0.15, 0.2) is 54.7 Å². The molecule has 0 unspecified atom stereocenters. The van der Waals surface area contributed by atoms with Gasteiger partial charge in [0, 0.05) is 29.2 Å². The van der Waals surface area contributed by atoms with Crippen molar-refractivity contribution in [3.8, 4) is 16.9 Å². The van der Waals surface area contributed by atoms with Gasteiger partial charge in [0.25, 0.3) is 0 Å². The standard InChI is InChI=1S/C21H20N4/c1-24-19-10-6-5-9-17(19)18-13-16(11-12-20(18)24)25-21(14-22-23-25)15-7-3-2-4-8-15/h2-4,7-8,11-14H,5-6,9-10H2,1H3. The summed E-state index contributed by atoms with van der Waals surface area (Å²) in [6, 6.07) is 17.0. The van der Waals surface area contributed by atoms with Crippen LogP contribution in [0, 0.1) is 0 Å². The second-order valence-corrected chi connectivity index (χ2v) is 6.79. The first-order chi connectivity index (χ1) is 12.3. The first kappa shape index (κ1) is 14.5. The lowest BCUT2D eigenvalue weighted by Gasteiger charge is -2.13. The Hall–Kier alpha value is -2.88. The predicted octanol–water partition coefficient (Wildman–Crippen LogP) is 4.30. The third-order valence-electron chi connectivity index (χ3n) is 5.37. The highest BCUT2D eigenvalue weighted by Crippen LogP contribution is 2.33. The fourth-order valence-electron chi connectivity index (χ4n) is 4.12. The molecule has 0 saturated heterocycles. The maximum absolute atomic E-state index is 4.35. The Kier molecular flexibility index (Phi) is 3.23. The Morgan fingerprint density at radius 3 is 2.68 bits per heavy atom. The van der Waals surface area contributed by atoms with Crippen molar-refractivity contribution in [1.82, 2.24) is 19.6 Å². The van der Waals surface area contributed by atoms with E-state index in [9.17, 15) is 0 Å². The molecular weight excluding hydrogens is 308 g/mol. The van der Waals surface area contributed by atoms with Crippen LogP contribution in [0.3, 0.4) is 0 Å². The number of hydrogen-bond donors (Lipinski definition) is 0. The average Bonchev–Trinajstić information content (AvgIpc) is 3.27. The molecule has 0 spiro atoms. The predicted molar refractivity (Wildman–Crippen MR) is 99.9 cm³/mol. The lowest BCUT2D eigenvalue weighted by Crippen LogP contribution is -2.04. The maximum atomic E-state index is 4.35. The highest BCUT2D eigenvalue weighted by Gasteiger charge is 2.19. The van der Waals surface area contributed by atoms with E-state index in [0.717, 1.165) is 16.9 Å². The van der Waals surface area contributed by atoms with Crippen LogP contribution >= 0.6 is 0 Å². The number of aryl methyl sites for hydroxylation is 2. The molecule has 4 aromatic rings. The first-order valence-electron chi connectivity index (χ1n) is 8.89. The van der Waals surface area contributed by atoms with E-state index < -0.39 is 0 Å². The summed E-state index contributed by atoms with van der Waals surface area (Å²) in [4.78, 5) is 0. The average molecular weight is 328 g/mol. The molecule has 4 heteroatoms. The quantitative estimate of drug-likeness (QED) is 0.550. The van der Waals surface area contributed by atoms with Crippen molar-refractivity contribution in [2.24, 2.45) is 7.05 Å². The fourth-order valence-corrected chi connectivity index (χ4v) is 4.12. The molecule has 4 nitrogen and oxygen atoms in total. The van der Waals surface area contributed by atoms with E-state index in [2.05, 4.69) is 52.3 Å². The fraction of sp³-hybridized carbons (Fsp3) is 0.238. The summed E-state index contributed by atoms with van der Waals surface area (Å²) in [5, 5.41) is 9.87. The molecule has 124 valence electrons. The summed E-state index contributed by atoms with van der Waals surface area (Å²) in [5.74, 6) is 0. The Morgan fingerprint density at radius 1 is 0.960 bits per heavy atom. The van der Waals surface area contributed by atoms with Gasteiger partial charge in [-0.25, -0.2) is 4.68 Å². The molecule has 25 heavy (non-hydrogen) atoms. The SMILES string of the molecule is Cn1c2c(c3cc(-n4nncc4-c4ccccc4)ccc31)CCCC2. The van der Waals surface area contributed by atoms with E-state index in [0.29, 0.717) is 0 Å². The first-order valence-corrected chi connectivity index (χ1v) is 8.89. The van der Waals surface area contributed by atoms with Crippen molar-refractivity contribution in [2.45, 2.75) is 25.7 Å². The minimum atomic E-state index is 1.02. The highest BCUT2D eigenvalue weighted by molar-refractivity contribution is 5.88. The summed E-state index contributed by atoms with van der Waals surface area (Å²) in [7, 11) is 2.19. The van der Waals surface area contributed by atoms with Crippen molar-refractivity contribution in [3.63, 3.8) is 0 Å². The van der Waals surface area contributed by atoms with Gasteiger partial charge in [-0.15, -0.1) is 5.10 Å². The van der Waals surface area contributed by atoms with Crippen LogP contribution in [-0.2, 0) is 19.9 Å². The number of benzene rings is 2. The number of fused-ring (bicyclic) bond motifs is 3. The molecule has 2 aromatic carbocycles. The third-order valence-corrected chi connectivity index (χ3v) is 5.37. The smallest absolute Gasteiger partial charge is 0.0944 e. The van der Waals surface area contributed by atoms with Gasteiger partial charge in [0.1, 0.15) is 0 Å². The van der Waals surface area contributed by atoms with Crippen LogP contribution < -0.4 is 0 Å². The van der Waals surface area contributed by atoms with E-state index in [1.807, 2.05) is 29.1 Å². The van der Waals surface area contributed by atoms with Crippen molar-refractivity contribution in [3.05, 3.63) is 66.0 Å². The maximum Gasteiger partial charge on any atom is 0.0944 e. The second-order valence-electron chi connectivity index (χ2n) is 6.79. The topological polar surface area (TPSA) is 35.6 Å². The summed E-state index contributed by atoms with van der Waals surface area (Å²) in [5.41, 5.74) is 7.56. The van der Waals surface area contributed by atoms with Crippen molar-refractivity contribution >= 4 is 10.9 Å². The lowest BCUT2D eigenvalue weighted by atomic mass is 9.95. The molecule has 0 bridgehead atoms. The van der Waals surface area contributed by atoms with Gasteiger partial charge in [-0.3, -0.25) is 0 Å². The van der Waals surface area contributed by atoms with Crippen molar-refractivity contribution in [2.75, 3.05) is 0 Å². The van der Waals surface area contributed by atoms with Crippen molar-refractivity contribution in [1.29, 1.82) is 0 Å². The molecule has 2 heterocycles. The van der Waals surface area contributed by atoms with Gasteiger partial charge in [0.2, 0.25) is 0 Å². The molecule has 5 rings (SSSR count). The van der Waals surface area contributed by atoms with Gasteiger partial charge in [-0.2, -0.15) is 0 Å². The molecule has 0 amide bonds. The highest BCUT2D eigenvalue weighted by atomic mass is 15.4. The molecular formula is C21H20N4. The van der Waals surface area contributed by atoms with Crippen LogP contribution in [0.2, 0.25) is 0 Å². The monoisotopic (exact) mass is 328 g/mol. The zero-order valence-corrected chi connectivity index (χ0v) is 14.3. The molecule has 2 aromatic heterocycles. The van der Waals surface area contributed by atoms with E-state index in [1.165, 1.54) is 47.8 Å². The number of aromatic nitrogens is 4. The van der Waals surface area contributed by atoms with Crippen LogP contribution in [-0.4, -0.2) is 19.6 Å². The molecule has 0 N–H and O–H groups in total. The van der Waals surface area contributed by atoms with Crippen LogP contribution in [0.1, 0.15) is 24.1 Å². The van der Waals surface area contributed by atoms with Gasteiger partial charge >= 0.3 is 0 Å². The van der Waals surface area contributed by atoms with Gasteiger partial charge < -0.3 is 4.57 Å². The van der Waals surface area contributed by atoms with Gasteiger partial charge in [-0.1, -0.05) is 35.5 Å². The third kappa shape index (κ3) is 2.21. The van der Waals surface area contributed by atoms with E-state index in [-0.39, 0.29) is 0 Å². The molecule has 0 aliphatic heterocycles. The van der Waals surface area contributed by atoms with Gasteiger partial charge in [-0.05, 0) is 49.4 Å². The zero-order valence-electron chi connectivity index (χ0n) is 14.3. The number of hydrogen-bond acceptors (Lipinski definition) is 2. The molecule has 1 aliphatic rings. The van der Waals surface area contributed by atoms with E-state index in [4.69, 9.17) is 0 Å². The lowest BCUT2D eigenvalue weighted by molar-refractivity contribution is 0.653. The molecule has 0 atom stereocenters. The number of rotatable bonds is 2. The Morgan fingerprint density at radius 2 is 1.80 bits per heavy atom. The zero-order chi connectivity index (χ0) is 16.8. The summed E-state index contributed by atoms with van der Waals surface area (Å²) < 4.78 is 4.31. The summed E-state index contributed by atoms with van der Waals surface area (Å²) in [6.07, 6.45) is 6.79. The molecule has 1 aliphatic carbocycles.